The van der Waals surface area contributed by atoms with Gasteiger partial charge in [-0.15, -0.1) is 17.9 Å². The lowest BCUT2D eigenvalue weighted by molar-refractivity contribution is -0.132. The average Bonchev–Trinajstić information content (AvgIpc) is 3.00. The number of amides is 1. The SMILES string of the molecule is C=CCN(Cc1cccs1)C(=O)CN1CCCC(NC)C1. The summed E-state index contributed by atoms with van der Waals surface area (Å²) in [5.41, 5.74) is 0. The van der Waals surface area contributed by atoms with Crippen molar-refractivity contribution in [3.8, 4) is 0 Å². The van der Waals surface area contributed by atoms with Crippen molar-refractivity contribution in [3.63, 3.8) is 0 Å². The highest BCUT2D eigenvalue weighted by Crippen LogP contribution is 2.14. The zero-order valence-corrected chi connectivity index (χ0v) is 13.6. The number of likely N-dealkylation sites (N-methyl/N-ethyl adjacent to an activating group) is 1. The van der Waals surface area contributed by atoms with Crippen LogP contribution >= 0.6 is 11.3 Å². The second-order valence-corrected chi connectivity index (χ2v) is 6.54. The van der Waals surface area contributed by atoms with E-state index in [1.165, 1.54) is 11.3 Å². The molecule has 1 atom stereocenters. The Labute approximate surface area is 131 Å². The molecule has 0 aromatic carbocycles. The molecule has 1 saturated heterocycles. The Balaban J connectivity index is 1.90. The van der Waals surface area contributed by atoms with Crippen LogP contribution in [0.4, 0.5) is 0 Å². The number of hydrogen-bond donors (Lipinski definition) is 1. The summed E-state index contributed by atoms with van der Waals surface area (Å²) in [4.78, 5) is 17.9. The molecular weight excluding hydrogens is 282 g/mol. The van der Waals surface area contributed by atoms with Gasteiger partial charge in [0.25, 0.3) is 0 Å². The maximum atomic E-state index is 12.5. The van der Waals surface area contributed by atoms with Crippen molar-refractivity contribution in [2.24, 2.45) is 0 Å². The minimum Gasteiger partial charge on any atom is -0.333 e. The minimum atomic E-state index is 0.194. The number of thiophene rings is 1. The maximum Gasteiger partial charge on any atom is 0.237 e. The number of carbonyl (C=O) groups excluding carboxylic acids is 1. The van der Waals surface area contributed by atoms with E-state index in [2.05, 4.69) is 22.9 Å². The predicted octanol–water partition coefficient (Wildman–Crippen LogP) is 1.95. The van der Waals surface area contributed by atoms with E-state index in [0.717, 1.165) is 19.5 Å². The van der Waals surface area contributed by atoms with Crippen molar-refractivity contribution in [3.05, 3.63) is 35.0 Å². The number of likely N-dealkylation sites (tertiary alicyclic amines) is 1. The molecule has 1 fully saturated rings. The van der Waals surface area contributed by atoms with Gasteiger partial charge >= 0.3 is 0 Å². The van der Waals surface area contributed by atoms with Crippen LogP contribution in [0.5, 0.6) is 0 Å². The highest BCUT2D eigenvalue weighted by molar-refractivity contribution is 7.09. The number of hydrogen-bond acceptors (Lipinski definition) is 4. The van der Waals surface area contributed by atoms with Gasteiger partial charge in [-0.3, -0.25) is 9.69 Å². The lowest BCUT2D eigenvalue weighted by Crippen LogP contribution is -2.48. The number of rotatable bonds is 7. The Hall–Kier alpha value is -1.17. The van der Waals surface area contributed by atoms with Crippen LogP contribution in [0.25, 0.3) is 0 Å². The smallest absolute Gasteiger partial charge is 0.237 e. The molecule has 0 saturated carbocycles. The van der Waals surface area contributed by atoms with Crippen molar-refractivity contribution < 1.29 is 4.79 Å². The van der Waals surface area contributed by atoms with Crippen molar-refractivity contribution in [1.29, 1.82) is 0 Å². The van der Waals surface area contributed by atoms with Crippen LogP contribution in [-0.2, 0) is 11.3 Å². The molecule has 4 nitrogen and oxygen atoms in total. The van der Waals surface area contributed by atoms with E-state index >= 15 is 0 Å². The molecule has 0 aliphatic carbocycles. The van der Waals surface area contributed by atoms with Gasteiger partial charge in [-0.25, -0.2) is 0 Å². The van der Waals surface area contributed by atoms with Gasteiger partial charge in [0.2, 0.25) is 5.91 Å². The average molecular weight is 307 g/mol. The monoisotopic (exact) mass is 307 g/mol. The molecule has 116 valence electrons. The van der Waals surface area contributed by atoms with Crippen molar-refractivity contribution in [2.45, 2.75) is 25.4 Å². The quantitative estimate of drug-likeness (QED) is 0.782. The topological polar surface area (TPSA) is 35.6 Å². The van der Waals surface area contributed by atoms with E-state index in [0.29, 0.717) is 25.7 Å². The first-order valence-electron chi connectivity index (χ1n) is 7.53. The first-order chi connectivity index (χ1) is 10.2. The van der Waals surface area contributed by atoms with Gasteiger partial charge in [-0.05, 0) is 37.9 Å². The van der Waals surface area contributed by atoms with E-state index in [9.17, 15) is 4.79 Å². The first-order valence-corrected chi connectivity index (χ1v) is 8.41. The summed E-state index contributed by atoms with van der Waals surface area (Å²) in [5, 5.41) is 5.37. The summed E-state index contributed by atoms with van der Waals surface area (Å²) in [5.74, 6) is 0.194. The molecule has 1 aliphatic heterocycles. The highest BCUT2D eigenvalue weighted by atomic mass is 32.1. The molecule has 1 N–H and O–H groups in total. The van der Waals surface area contributed by atoms with Crippen LogP contribution in [0, 0.1) is 0 Å². The van der Waals surface area contributed by atoms with Gasteiger partial charge in [0, 0.05) is 24.0 Å². The summed E-state index contributed by atoms with van der Waals surface area (Å²) < 4.78 is 0. The van der Waals surface area contributed by atoms with E-state index in [1.807, 2.05) is 23.4 Å². The van der Waals surface area contributed by atoms with Crippen LogP contribution in [0.2, 0.25) is 0 Å². The molecule has 0 spiro atoms. The van der Waals surface area contributed by atoms with Crippen LogP contribution in [0.1, 0.15) is 17.7 Å². The molecule has 1 aromatic heterocycles. The summed E-state index contributed by atoms with van der Waals surface area (Å²) in [6.45, 7) is 7.56. The van der Waals surface area contributed by atoms with Gasteiger partial charge in [0.1, 0.15) is 0 Å². The molecule has 0 radical (unpaired) electrons. The Morgan fingerprint density at radius 2 is 2.52 bits per heavy atom. The summed E-state index contributed by atoms with van der Waals surface area (Å²) in [6.07, 6.45) is 4.16. The Kier molecular flexibility index (Phi) is 6.42. The van der Waals surface area contributed by atoms with Crippen LogP contribution in [0.15, 0.2) is 30.2 Å². The van der Waals surface area contributed by atoms with Crippen LogP contribution in [0.3, 0.4) is 0 Å². The highest BCUT2D eigenvalue weighted by Gasteiger charge is 2.22. The third-order valence-corrected chi connectivity index (χ3v) is 4.76. The van der Waals surface area contributed by atoms with Gasteiger partial charge in [0.15, 0.2) is 0 Å². The molecule has 2 rings (SSSR count). The summed E-state index contributed by atoms with van der Waals surface area (Å²) in [7, 11) is 2.00. The van der Waals surface area contributed by atoms with E-state index < -0.39 is 0 Å². The van der Waals surface area contributed by atoms with Crippen molar-refractivity contribution in [1.82, 2.24) is 15.1 Å². The summed E-state index contributed by atoms with van der Waals surface area (Å²) >= 11 is 1.69. The van der Waals surface area contributed by atoms with Crippen molar-refractivity contribution in [2.75, 3.05) is 33.2 Å². The Morgan fingerprint density at radius 1 is 1.67 bits per heavy atom. The largest absolute Gasteiger partial charge is 0.333 e. The number of nitrogens with one attached hydrogen (secondary N) is 1. The van der Waals surface area contributed by atoms with Gasteiger partial charge in [0.05, 0.1) is 13.1 Å². The molecule has 2 heterocycles. The normalized spacial score (nSPS) is 19.4. The third kappa shape index (κ3) is 4.95. The third-order valence-electron chi connectivity index (χ3n) is 3.90. The molecule has 0 bridgehead atoms. The minimum absolute atomic E-state index is 0.194. The molecule has 1 unspecified atom stereocenters. The molecule has 5 heteroatoms. The second kappa shape index (κ2) is 8.32. The van der Waals surface area contributed by atoms with E-state index in [1.54, 1.807) is 17.4 Å². The fourth-order valence-corrected chi connectivity index (χ4v) is 3.45. The maximum absolute atomic E-state index is 12.5. The van der Waals surface area contributed by atoms with Crippen LogP contribution < -0.4 is 5.32 Å². The Bertz CT molecular complexity index is 446. The van der Waals surface area contributed by atoms with Crippen molar-refractivity contribution >= 4 is 17.2 Å². The molecule has 1 amide bonds. The molecule has 1 aliphatic rings. The first kappa shape index (κ1) is 16.2. The van der Waals surface area contributed by atoms with Gasteiger partial charge < -0.3 is 10.2 Å². The van der Waals surface area contributed by atoms with E-state index in [4.69, 9.17) is 0 Å². The standard InChI is InChI=1S/C16H25N3OS/c1-3-8-19(12-15-7-5-10-21-15)16(20)13-18-9-4-6-14(11-18)17-2/h3,5,7,10,14,17H,1,4,6,8-9,11-13H2,2H3. The zero-order chi connectivity index (χ0) is 15.1. The molecular formula is C16H25N3OS. The number of carbonyl (C=O) groups is 1. The van der Waals surface area contributed by atoms with E-state index in [-0.39, 0.29) is 5.91 Å². The van der Waals surface area contributed by atoms with Gasteiger partial charge in [-0.2, -0.15) is 0 Å². The summed E-state index contributed by atoms with van der Waals surface area (Å²) in [6, 6.07) is 4.61. The lowest BCUT2D eigenvalue weighted by Gasteiger charge is -2.33. The fraction of sp³-hybridized carbons (Fsp3) is 0.562. The number of piperidine rings is 1. The second-order valence-electron chi connectivity index (χ2n) is 5.51. The fourth-order valence-electron chi connectivity index (χ4n) is 2.73. The molecule has 21 heavy (non-hydrogen) atoms. The number of nitrogens with zero attached hydrogens (tertiary/aromatic N) is 2. The van der Waals surface area contributed by atoms with Gasteiger partial charge in [-0.1, -0.05) is 12.1 Å². The zero-order valence-electron chi connectivity index (χ0n) is 12.8. The Morgan fingerprint density at radius 3 is 3.19 bits per heavy atom. The van der Waals surface area contributed by atoms with Crippen LogP contribution in [-0.4, -0.2) is 55.0 Å². The predicted molar refractivity (Wildman–Crippen MR) is 88.5 cm³/mol. The lowest BCUT2D eigenvalue weighted by atomic mass is 10.1. The molecule has 1 aromatic rings.